The number of Topliss-reactive ketones (excluding diaryl/α,β-unsaturated/α-hetero) is 1. The van der Waals surface area contributed by atoms with Gasteiger partial charge in [0.25, 0.3) is 0 Å². The fourth-order valence-electron chi connectivity index (χ4n) is 2.64. The van der Waals surface area contributed by atoms with Crippen LogP contribution in [0.3, 0.4) is 0 Å². The molecule has 98 valence electrons. The van der Waals surface area contributed by atoms with Gasteiger partial charge in [-0.2, -0.15) is 0 Å². The van der Waals surface area contributed by atoms with E-state index in [1.807, 2.05) is 13.8 Å². The average Bonchev–Trinajstić information content (AvgIpc) is 2.70. The number of carbonyl (C=O) groups excluding carboxylic acids is 2. The quantitative estimate of drug-likeness (QED) is 0.529. The van der Waals surface area contributed by atoms with Gasteiger partial charge in [0, 0.05) is 6.42 Å². The zero-order chi connectivity index (χ0) is 12.8. The van der Waals surface area contributed by atoms with Crippen LogP contribution in [0.5, 0.6) is 0 Å². The molecular weight excluding hydrogens is 216 g/mol. The van der Waals surface area contributed by atoms with Gasteiger partial charge in [-0.25, -0.2) is 0 Å². The summed E-state index contributed by atoms with van der Waals surface area (Å²) in [5.41, 5.74) is 0. The Kier molecular flexibility index (Phi) is 5.66. The van der Waals surface area contributed by atoms with Crippen molar-refractivity contribution in [3.63, 3.8) is 0 Å². The van der Waals surface area contributed by atoms with Crippen LogP contribution in [0.2, 0.25) is 0 Å². The van der Waals surface area contributed by atoms with Gasteiger partial charge in [0.1, 0.15) is 11.7 Å². The van der Waals surface area contributed by atoms with Crippen LogP contribution >= 0.6 is 0 Å². The number of hydrogen-bond donors (Lipinski definition) is 0. The number of hydrogen-bond acceptors (Lipinski definition) is 3. The van der Waals surface area contributed by atoms with E-state index in [0.717, 1.165) is 25.7 Å². The molecule has 0 aromatic carbocycles. The van der Waals surface area contributed by atoms with Crippen LogP contribution in [0.4, 0.5) is 0 Å². The molecule has 3 nitrogen and oxygen atoms in total. The largest absolute Gasteiger partial charge is 0.465 e. The van der Waals surface area contributed by atoms with Crippen molar-refractivity contribution in [2.75, 3.05) is 6.61 Å². The third-order valence-corrected chi connectivity index (χ3v) is 3.37. The van der Waals surface area contributed by atoms with Crippen molar-refractivity contribution in [2.24, 2.45) is 17.8 Å². The molecular formula is C14H24O3. The normalized spacial score (nSPS) is 18.4. The van der Waals surface area contributed by atoms with Crippen LogP contribution in [-0.4, -0.2) is 18.4 Å². The standard InChI is InChI=1S/C14H24O3/c1-4-17-14(16)13(11-7-5-6-8-11)12(15)9-10(2)3/h10-11,13H,4-9H2,1-3H3. The SMILES string of the molecule is CCOC(=O)C(C(=O)CC(C)C)C1CCCC1. The lowest BCUT2D eigenvalue weighted by Gasteiger charge is -2.21. The molecule has 1 atom stereocenters. The number of rotatable bonds is 6. The van der Waals surface area contributed by atoms with Gasteiger partial charge in [-0.05, 0) is 31.6 Å². The molecule has 0 bridgehead atoms. The van der Waals surface area contributed by atoms with Crippen LogP contribution < -0.4 is 0 Å². The number of carbonyl (C=O) groups is 2. The highest BCUT2D eigenvalue weighted by atomic mass is 16.5. The molecule has 0 aromatic heterocycles. The van der Waals surface area contributed by atoms with Gasteiger partial charge in [-0.15, -0.1) is 0 Å². The Balaban J connectivity index is 2.70. The maximum absolute atomic E-state index is 12.2. The smallest absolute Gasteiger partial charge is 0.316 e. The molecule has 0 heterocycles. The van der Waals surface area contributed by atoms with Crippen molar-refractivity contribution < 1.29 is 14.3 Å². The van der Waals surface area contributed by atoms with E-state index in [9.17, 15) is 9.59 Å². The Morgan fingerprint density at radius 2 is 1.82 bits per heavy atom. The molecule has 3 heteroatoms. The van der Waals surface area contributed by atoms with Gasteiger partial charge in [-0.3, -0.25) is 9.59 Å². The Labute approximate surface area is 104 Å². The fourth-order valence-corrected chi connectivity index (χ4v) is 2.64. The fraction of sp³-hybridized carbons (Fsp3) is 0.857. The Bertz CT molecular complexity index is 265. The zero-order valence-electron chi connectivity index (χ0n) is 11.2. The molecule has 1 aliphatic rings. The Morgan fingerprint density at radius 3 is 2.29 bits per heavy atom. The van der Waals surface area contributed by atoms with E-state index < -0.39 is 5.92 Å². The van der Waals surface area contributed by atoms with Gasteiger partial charge in [0.15, 0.2) is 0 Å². The summed E-state index contributed by atoms with van der Waals surface area (Å²) < 4.78 is 5.06. The molecule has 0 spiro atoms. The van der Waals surface area contributed by atoms with Crippen molar-refractivity contribution in [3.05, 3.63) is 0 Å². The summed E-state index contributed by atoms with van der Waals surface area (Å²) in [6.07, 6.45) is 4.74. The zero-order valence-corrected chi connectivity index (χ0v) is 11.2. The van der Waals surface area contributed by atoms with Gasteiger partial charge in [-0.1, -0.05) is 26.7 Å². The Hall–Kier alpha value is -0.860. The maximum Gasteiger partial charge on any atom is 0.316 e. The van der Waals surface area contributed by atoms with Crippen LogP contribution in [0, 0.1) is 17.8 Å². The van der Waals surface area contributed by atoms with E-state index >= 15 is 0 Å². The van der Waals surface area contributed by atoms with Crippen LogP contribution in [-0.2, 0) is 14.3 Å². The summed E-state index contributed by atoms with van der Waals surface area (Å²) in [5, 5.41) is 0. The highest BCUT2D eigenvalue weighted by molar-refractivity contribution is 5.99. The van der Waals surface area contributed by atoms with Crippen LogP contribution in [0.15, 0.2) is 0 Å². The molecule has 0 aromatic rings. The van der Waals surface area contributed by atoms with Gasteiger partial charge in [0.2, 0.25) is 0 Å². The molecule has 0 amide bonds. The van der Waals surface area contributed by atoms with Crippen molar-refractivity contribution in [3.8, 4) is 0 Å². The third-order valence-electron chi connectivity index (χ3n) is 3.37. The summed E-state index contributed by atoms with van der Waals surface area (Å²) in [5.74, 6) is -0.198. The molecule has 1 rings (SSSR count). The highest BCUT2D eigenvalue weighted by Crippen LogP contribution is 2.33. The predicted octanol–water partition coefficient (Wildman–Crippen LogP) is 2.97. The summed E-state index contributed by atoms with van der Waals surface area (Å²) in [6, 6.07) is 0. The second kappa shape index (κ2) is 6.77. The minimum Gasteiger partial charge on any atom is -0.465 e. The lowest BCUT2D eigenvalue weighted by Crippen LogP contribution is -2.32. The van der Waals surface area contributed by atoms with E-state index in [4.69, 9.17) is 4.74 Å². The van der Waals surface area contributed by atoms with Crippen molar-refractivity contribution in [1.29, 1.82) is 0 Å². The van der Waals surface area contributed by atoms with E-state index in [2.05, 4.69) is 0 Å². The maximum atomic E-state index is 12.2. The first-order chi connectivity index (χ1) is 8.06. The molecule has 1 fully saturated rings. The molecule has 0 radical (unpaired) electrons. The van der Waals surface area contributed by atoms with E-state index in [1.54, 1.807) is 6.92 Å². The molecule has 0 aliphatic heterocycles. The first-order valence-electron chi connectivity index (χ1n) is 6.75. The topological polar surface area (TPSA) is 43.4 Å². The number of ketones is 1. The lowest BCUT2D eigenvalue weighted by molar-refractivity contribution is -0.154. The monoisotopic (exact) mass is 240 g/mol. The van der Waals surface area contributed by atoms with E-state index in [0.29, 0.717) is 18.9 Å². The third kappa shape index (κ3) is 4.14. The average molecular weight is 240 g/mol. The predicted molar refractivity (Wildman–Crippen MR) is 66.5 cm³/mol. The van der Waals surface area contributed by atoms with E-state index in [-0.39, 0.29) is 17.7 Å². The molecule has 1 aliphatic carbocycles. The minimum absolute atomic E-state index is 0.0744. The molecule has 17 heavy (non-hydrogen) atoms. The van der Waals surface area contributed by atoms with E-state index in [1.165, 1.54) is 0 Å². The summed E-state index contributed by atoms with van der Waals surface area (Å²) >= 11 is 0. The first-order valence-corrected chi connectivity index (χ1v) is 6.75. The highest BCUT2D eigenvalue weighted by Gasteiger charge is 2.37. The van der Waals surface area contributed by atoms with Gasteiger partial charge < -0.3 is 4.74 Å². The summed E-state index contributed by atoms with van der Waals surface area (Å²) in [4.78, 5) is 24.1. The number of esters is 1. The van der Waals surface area contributed by atoms with Crippen LogP contribution in [0.1, 0.15) is 52.9 Å². The number of ether oxygens (including phenoxy) is 1. The molecule has 1 unspecified atom stereocenters. The van der Waals surface area contributed by atoms with Gasteiger partial charge >= 0.3 is 5.97 Å². The van der Waals surface area contributed by atoms with Crippen molar-refractivity contribution in [1.82, 2.24) is 0 Å². The summed E-state index contributed by atoms with van der Waals surface area (Å²) in [6.45, 7) is 6.16. The minimum atomic E-state index is -0.500. The first kappa shape index (κ1) is 14.2. The van der Waals surface area contributed by atoms with Crippen molar-refractivity contribution >= 4 is 11.8 Å². The second-order valence-corrected chi connectivity index (χ2v) is 5.34. The summed E-state index contributed by atoms with van der Waals surface area (Å²) in [7, 11) is 0. The molecule has 0 saturated heterocycles. The van der Waals surface area contributed by atoms with Gasteiger partial charge in [0.05, 0.1) is 6.61 Å². The molecule has 1 saturated carbocycles. The Morgan fingerprint density at radius 1 is 1.24 bits per heavy atom. The van der Waals surface area contributed by atoms with Crippen LogP contribution in [0.25, 0.3) is 0 Å². The lowest BCUT2D eigenvalue weighted by atomic mass is 9.84. The molecule has 0 N–H and O–H groups in total. The van der Waals surface area contributed by atoms with Crippen molar-refractivity contribution in [2.45, 2.75) is 52.9 Å². The second-order valence-electron chi connectivity index (χ2n) is 5.34.